The molecule has 3 unspecified atom stereocenters. The van der Waals surface area contributed by atoms with Crippen LogP contribution in [-0.2, 0) is 14.3 Å². The monoisotopic (exact) mass is 322 g/mol. The normalized spacial score (nSPS) is 34.9. The summed E-state index contributed by atoms with van der Waals surface area (Å²) in [6.45, 7) is 6.00. The van der Waals surface area contributed by atoms with Crippen LogP contribution >= 0.6 is 0 Å². The summed E-state index contributed by atoms with van der Waals surface area (Å²) in [7, 11) is 0. The van der Waals surface area contributed by atoms with Crippen molar-refractivity contribution in [2.45, 2.75) is 77.0 Å². The molecule has 23 heavy (non-hydrogen) atoms. The Morgan fingerprint density at radius 3 is 2.35 bits per heavy atom. The molecule has 2 saturated heterocycles. The highest BCUT2D eigenvalue weighted by atomic mass is 16.5. The van der Waals surface area contributed by atoms with Crippen molar-refractivity contribution in [2.24, 2.45) is 5.92 Å². The van der Waals surface area contributed by atoms with Crippen molar-refractivity contribution in [3.05, 3.63) is 0 Å². The van der Waals surface area contributed by atoms with Gasteiger partial charge in [0.1, 0.15) is 6.42 Å². The van der Waals surface area contributed by atoms with E-state index in [1.165, 1.54) is 25.7 Å². The molecule has 3 fully saturated rings. The van der Waals surface area contributed by atoms with Gasteiger partial charge in [0.15, 0.2) is 0 Å². The third-order valence-corrected chi connectivity index (χ3v) is 5.64. The number of carbonyl (C=O) groups is 2. The van der Waals surface area contributed by atoms with Crippen LogP contribution in [-0.4, -0.2) is 59.5 Å². The molecule has 5 nitrogen and oxygen atoms in total. The van der Waals surface area contributed by atoms with Crippen molar-refractivity contribution in [3.63, 3.8) is 0 Å². The van der Waals surface area contributed by atoms with Crippen molar-refractivity contribution in [1.29, 1.82) is 0 Å². The van der Waals surface area contributed by atoms with Gasteiger partial charge < -0.3 is 14.5 Å². The van der Waals surface area contributed by atoms with E-state index in [-0.39, 0.29) is 30.4 Å². The first-order valence-electron chi connectivity index (χ1n) is 9.27. The van der Waals surface area contributed by atoms with E-state index in [1.54, 1.807) is 4.90 Å². The molecule has 130 valence electrons. The lowest BCUT2D eigenvalue weighted by molar-refractivity contribution is -0.150. The first-order valence-corrected chi connectivity index (χ1v) is 9.27. The molecule has 0 aromatic rings. The Kier molecular flexibility index (Phi) is 5.24. The molecular weight excluding hydrogens is 292 g/mol. The van der Waals surface area contributed by atoms with Crippen molar-refractivity contribution < 1.29 is 14.3 Å². The average molecular weight is 322 g/mol. The first-order chi connectivity index (χ1) is 11.0. The van der Waals surface area contributed by atoms with Crippen LogP contribution in [0, 0.1) is 5.92 Å². The molecule has 0 aromatic heterocycles. The fourth-order valence-electron chi connectivity index (χ4n) is 4.66. The summed E-state index contributed by atoms with van der Waals surface area (Å²) in [5, 5.41) is 0. The predicted octanol–water partition coefficient (Wildman–Crippen LogP) is 2.19. The molecule has 4 atom stereocenters. The number of hydrogen-bond donors (Lipinski definition) is 0. The highest BCUT2D eigenvalue weighted by molar-refractivity contribution is 5.97. The third-order valence-electron chi connectivity index (χ3n) is 5.64. The lowest BCUT2D eigenvalue weighted by Gasteiger charge is -2.44. The van der Waals surface area contributed by atoms with Crippen LogP contribution in [0.4, 0.5) is 0 Å². The Hall–Kier alpha value is -1.10. The number of fused-ring (bicyclic) bond motifs is 1. The van der Waals surface area contributed by atoms with E-state index in [9.17, 15) is 9.59 Å². The van der Waals surface area contributed by atoms with Crippen molar-refractivity contribution in [3.8, 4) is 0 Å². The Balaban J connectivity index is 1.58. The van der Waals surface area contributed by atoms with Crippen molar-refractivity contribution in [2.75, 3.05) is 19.6 Å². The molecule has 0 bridgehead atoms. The summed E-state index contributed by atoms with van der Waals surface area (Å²) >= 11 is 0. The number of ether oxygens (including phenoxy) is 1. The van der Waals surface area contributed by atoms with Gasteiger partial charge in [0, 0.05) is 25.7 Å². The molecule has 0 aromatic carbocycles. The maximum Gasteiger partial charge on any atom is 0.232 e. The van der Waals surface area contributed by atoms with E-state index in [1.807, 2.05) is 18.7 Å². The molecular formula is C18H30N2O3. The van der Waals surface area contributed by atoms with Gasteiger partial charge in [0.2, 0.25) is 11.8 Å². The second kappa shape index (κ2) is 7.20. The molecule has 5 heteroatoms. The van der Waals surface area contributed by atoms with Crippen molar-refractivity contribution >= 4 is 11.8 Å². The van der Waals surface area contributed by atoms with Crippen LogP contribution in [0.25, 0.3) is 0 Å². The highest BCUT2D eigenvalue weighted by Crippen LogP contribution is 2.35. The minimum absolute atomic E-state index is 0.0304. The number of rotatable bonds is 2. The van der Waals surface area contributed by atoms with Gasteiger partial charge in [-0.15, -0.1) is 0 Å². The maximum absolute atomic E-state index is 12.7. The predicted molar refractivity (Wildman–Crippen MR) is 87.9 cm³/mol. The topological polar surface area (TPSA) is 49.9 Å². The molecule has 2 heterocycles. The summed E-state index contributed by atoms with van der Waals surface area (Å²) < 4.78 is 5.67. The number of hydrogen-bond acceptors (Lipinski definition) is 3. The molecule has 0 N–H and O–H groups in total. The zero-order valence-electron chi connectivity index (χ0n) is 14.5. The molecule has 3 rings (SSSR count). The average Bonchev–Trinajstić information content (AvgIpc) is 2.53. The zero-order chi connectivity index (χ0) is 16.4. The van der Waals surface area contributed by atoms with Crippen molar-refractivity contribution in [1.82, 2.24) is 9.80 Å². The molecule has 0 radical (unpaired) electrons. The van der Waals surface area contributed by atoms with Gasteiger partial charge in [0.25, 0.3) is 0 Å². The Morgan fingerprint density at radius 2 is 1.61 bits per heavy atom. The zero-order valence-corrected chi connectivity index (χ0v) is 14.5. The fourth-order valence-corrected chi connectivity index (χ4v) is 4.66. The fraction of sp³-hybridized carbons (Fsp3) is 0.889. The molecule has 1 saturated carbocycles. The first kappa shape index (κ1) is 16.7. The van der Waals surface area contributed by atoms with Crippen LogP contribution in [0.5, 0.6) is 0 Å². The number of nitrogens with zero attached hydrogens (tertiary/aromatic N) is 2. The van der Waals surface area contributed by atoms with E-state index in [4.69, 9.17) is 4.74 Å². The summed E-state index contributed by atoms with van der Waals surface area (Å²) in [4.78, 5) is 29.1. The number of carbonyl (C=O) groups excluding carboxylic acids is 2. The van der Waals surface area contributed by atoms with Crippen LogP contribution in [0.15, 0.2) is 0 Å². The van der Waals surface area contributed by atoms with E-state index in [0.717, 1.165) is 19.4 Å². The van der Waals surface area contributed by atoms with Gasteiger partial charge in [-0.2, -0.15) is 0 Å². The minimum Gasteiger partial charge on any atom is -0.372 e. The minimum atomic E-state index is -0.0325. The SMILES string of the molecule is CC1CN(C(=O)CC(=O)N2CCCC3CCCCC32)C[C@@H](C)O1. The summed E-state index contributed by atoms with van der Waals surface area (Å²) in [5.41, 5.74) is 0. The van der Waals surface area contributed by atoms with E-state index in [0.29, 0.717) is 25.0 Å². The molecule has 2 amide bonds. The van der Waals surface area contributed by atoms with Crippen LogP contribution in [0.2, 0.25) is 0 Å². The quantitative estimate of drug-likeness (QED) is 0.732. The van der Waals surface area contributed by atoms with Crippen LogP contribution in [0.3, 0.4) is 0 Å². The standard InChI is InChI=1S/C18H30N2O3/c1-13-11-19(12-14(2)23-13)17(21)10-18(22)20-9-5-7-15-6-3-4-8-16(15)20/h13-16H,3-12H2,1-2H3/t13-,14?,15?,16?/m1/s1. The van der Waals surface area contributed by atoms with E-state index in [2.05, 4.69) is 0 Å². The van der Waals surface area contributed by atoms with Gasteiger partial charge >= 0.3 is 0 Å². The van der Waals surface area contributed by atoms with Gasteiger partial charge in [0.05, 0.1) is 12.2 Å². The largest absolute Gasteiger partial charge is 0.372 e. The van der Waals surface area contributed by atoms with Gasteiger partial charge in [-0.05, 0) is 45.4 Å². The van der Waals surface area contributed by atoms with Crippen LogP contribution < -0.4 is 0 Å². The number of likely N-dealkylation sites (tertiary alicyclic amines) is 1. The van der Waals surface area contributed by atoms with Gasteiger partial charge in [-0.3, -0.25) is 9.59 Å². The molecule has 0 spiro atoms. The van der Waals surface area contributed by atoms with Gasteiger partial charge in [-0.25, -0.2) is 0 Å². The third kappa shape index (κ3) is 3.87. The second-order valence-electron chi connectivity index (χ2n) is 7.57. The molecule has 1 aliphatic carbocycles. The maximum atomic E-state index is 12.7. The smallest absolute Gasteiger partial charge is 0.232 e. The van der Waals surface area contributed by atoms with E-state index >= 15 is 0 Å². The summed E-state index contributed by atoms with van der Waals surface area (Å²) in [6, 6.07) is 0.389. The highest BCUT2D eigenvalue weighted by Gasteiger charge is 2.37. The second-order valence-corrected chi connectivity index (χ2v) is 7.57. The number of piperidine rings is 1. The summed E-state index contributed by atoms with van der Waals surface area (Å²) in [6.07, 6.45) is 7.36. The van der Waals surface area contributed by atoms with Gasteiger partial charge in [-0.1, -0.05) is 12.8 Å². The lowest BCUT2D eigenvalue weighted by Crippen LogP contribution is -2.52. The Morgan fingerprint density at radius 1 is 0.957 bits per heavy atom. The van der Waals surface area contributed by atoms with E-state index < -0.39 is 0 Å². The number of amides is 2. The summed E-state index contributed by atoms with van der Waals surface area (Å²) in [5.74, 6) is 0.674. The number of morpholine rings is 1. The Labute approximate surface area is 139 Å². The molecule has 2 aliphatic heterocycles. The molecule has 3 aliphatic rings. The lowest BCUT2D eigenvalue weighted by atomic mass is 9.78. The Bertz CT molecular complexity index is 442. The van der Waals surface area contributed by atoms with Crippen LogP contribution in [0.1, 0.15) is 58.8 Å².